The van der Waals surface area contributed by atoms with Gasteiger partial charge < -0.3 is 14.8 Å². The molecule has 3 aromatic rings. The molecule has 1 amide bonds. The van der Waals surface area contributed by atoms with Crippen molar-refractivity contribution in [3.8, 4) is 17.2 Å². The summed E-state index contributed by atoms with van der Waals surface area (Å²) >= 11 is 6.16. The Balaban J connectivity index is 1.51. The number of piperidine rings is 1. The van der Waals surface area contributed by atoms with Crippen LogP contribution in [0.2, 0.25) is 5.02 Å². The number of rotatable bonds is 7. The number of carbonyl (C=O) groups is 1. The van der Waals surface area contributed by atoms with Crippen LogP contribution in [-0.2, 0) is 14.8 Å². The van der Waals surface area contributed by atoms with Gasteiger partial charge >= 0.3 is 0 Å². The maximum absolute atomic E-state index is 13.2. The van der Waals surface area contributed by atoms with Crippen molar-refractivity contribution >= 4 is 33.2 Å². The molecule has 3 aromatic carbocycles. The number of hydrogen-bond donors (Lipinski definition) is 1. The lowest BCUT2D eigenvalue weighted by Gasteiger charge is -2.31. The predicted molar refractivity (Wildman–Crippen MR) is 131 cm³/mol. The Labute approximate surface area is 208 Å². The highest BCUT2D eigenvalue weighted by molar-refractivity contribution is 7.89. The molecule has 10 heteroatoms. The van der Waals surface area contributed by atoms with Crippen LogP contribution in [0, 0.1) is 11.7 Å². The van der Waals surface area contributed by atoms with E-state index < -0.39 is 21.8 Å². The Morgan fingerprint density at radius 3 is 2.49 bits per heavy atom. The normalized spacial score (nSPS) is 16.5. The van der Waals surface area contributed by atoms with E-state index in [4.69, 9.17) is 21.1 Å². The van der Waals surface area contributed by atoms with E-state index >= 15 is 0 Å². The molecule has 1 atom stereocenters. The molecule has 0 aromatic heterocycles. The summed E-state index contributed by atoms with van der Waals surface area (Å²) in [5.74, 6) is -0.115. The summed E-state index contributed by atoms with van der Waals surface area (Å²) in [6.45, 7) is 0.289. The van der Waals surface area contributed by atoms with E-state index in [0.717, 1.165) is 12.1 Å². The van der Waals surface area contributed by atoms with Gasteiger partial charge in [-0.3, -0.25) is 4.79 Å². The fraction of sp³-hybridized carbons (Fsp3) is 0.240. The molecule has 0 radical (unpaired) electrons. The molecular weight excluding hydrogens is 495 g/mol. The number of methoxy groups -OCH3 is 1. The third kappa shape index (κ3) is 5.75. The highest BCUT2D eigenvalue weighted by atomic mass is 35.5. The van der Waals surface area contributed by atoms with E-state index in [0.29, 0.717) is 40.8 Å². The number of anilines is 1. The first-order chi connectivity index (χ1) is 16.8. The maximum Gasteiger partial charge on any atom is 0.243 e. The van der Waals surface area contributed by atoms with Gasteiger partial charge in [-0.1, -0.05) is 23.7 Å². The van der Waals surface area contributed by atoms with Crippen molar-refractivity contribution in [1.82, 2.24) is 4.31 Å². The highest BCUT2D eigenvalue weighted by Crippen LogP contribution is 2.37. The molecule has 0 aliphatic carbocycles. The minimum atomic E-state index is -3.85. The Hall–Kier alpha value is -3.14. The van der Waals surface area contributed by atoms with Crippen LogP contribution in [0.15, 0.2) is 71.6 Å². The number of nitrogens with zero attached hydrogens (tertiary/aromatic N) is 1. The van der Waals surface area contributed by atoms with Crippen molar-refractivity contribution in [2.24, 2.45) is 5.92 Å². The number of benzene rings is 3. The Bertz CT molecular complexity index is 1320. The first-order valence-corrected chi connectivity index (χ1v) is 12.8. The monoisotopic (exact) mass is 518 g/mol. The summed E-state index contributed by atoms with van der Waals surface area (Å²) in [5.41, 5.74) is 0.354. The fourth-order valence-corrected chi connectivity index (χ4v) is 5.57. The minimum absolute atomic E-state index is 0.00874. The number of nitrogens with one attached hydrogen (secondary N) is 1. The van der Waals surface area contributed by atoms with Crippen LogP contribution in [0.5, 0.6) is 17.2 Å². The number of ether oxygens (including phenoxy) is 2. The largest absolute Gasteiger partial charge is 0.493 e. The van der Waals surface area contributed by atoms with Crippen molar-refractivity contribution in [2.75, 3.05) is 25.5 Å². The second-order valence-electron chi connectivity index (χ2n) is 8.04. The Kier molecular flexibility index (Phi) is 7.59. The van der Waals surface area contributed by atoms with Crippen LogP contribution < -0.4 is 14.8 Å². The van der Waals surface area contributed by atoms with E-state index in [1.807, 2.05) is 6.07 Å². The molecule has 7 nitrogen and oxygen atoms in total. The van der Waals surface area contributed by atoms with Crippen LogP contribution in [0.25, 0.3) is 0 Å². The first-order valence-electron chi connectivity index (χ1n) is 10.9. The van der Waals surface area contributed by atoms with Crippen molar-refractivity contribution in [3.05, 3.63) is 77.6 Å². The summed E-state index contributed by atoms with van der Waals surface area (Å²) in [5, 5.41) is 3.24. The van der Waals surface area contributed by atoms with Gasteiger partial charge in [-0.05, 0) is 67.4 Å². The third-order valence-electron chi connectivity index (χ3n) is 5.69. The van der Waals surface area contributed by atoms with Gasteiger partial charge in [0, 0.05) is 18.1 Å². The van der Waals surface area contributed by atoms with E-state index in [1.165, 1.54) is 23.5 Å². The molecule has 1 unspecified atom stereocenters. The third-order valence-corrected chi connectivity index (χ3v) is 7.81. The molecule has 1 saturated heterocycles. The lowest BCUT2D eigenvalue weighted by molar-refractivity contribution is -0.120. The van der Waals surface area contributed by atoms with Gasteiger partial charge in [0.25, 0.3) is 0 Å². The summed E-state index contributed by atoms with van der Waals surface area (Å²) in [7, 11) is -2.33. The van der Waals surface area contributed by atoms with Crippen molar-refractivity contribution < 1.29 is 27.1 Å². The Morgan fingerprint density at radius 1 is 1.06 bits per heavy atom. The molecule has 1 heterocycles. The summed E-state index contributed by atoms with van der Waals surface area (Å²) in [6.07, 6.45) is 1.03. The van der Waals surface area contributed by atoms with Crippen LogP contribution >= 0.6 is 11.6 Å². The minimum Gasteiger partial charge on any atom is -0.493 e. The highest BCUT2D eigenvalue weighted by Gasteiger charge is 2.33. The van der Waals surface area contributed by atoms with E-state index in [-0.39, 0.29) is 23.9 Å². The zero-order chi connectivity index (χ0) is 25.0. The number of hydrogen-bond acceptors (Lipinski definition) is 5. The zero-order valence-corrected chi connectivity index (χ0v) is 20.5. The van der Waals surface area contributed by atoms with Crippen LogP contribution in [0.1, 0.15) is 12.8 Å². The predicted octanol–water partition coefficient (Wildman–Crippen LogP) is 5.32. The van der Waals surface area contributed by atoms with Gasteiger partial charge in [0.05, 0.1) is 23.6 Å². The molecule has 1 aliphatic heterocycles. The van der Waals surface area contributed by atoms with Crippen LogP contribution in [-0.4, -0.2) is 38.8 Å². The maximum atomic E-state index is 13.2. The van der Waals surface area contributed by atoms with Crippen molar-refractivity contribution in [1.29, 1.82) is 0 Å². The lowest BCUT2D eigenvalue weighted by Crippen LogP contribution is -2.43. The van der Waals surface area contributed by atoms with Gasteiger partial charge in [0.1, 0.15) is 5.82 Å². The number of para-hydroxylation sites is 2. The lowest BCUT2D eigenvalue weighted by atomic mass is 9.98. The van der Waals surface area contributed by atoms with E-state index in [9.17, 15) is 17.6 Å². The molecule has 1 aliphatic rings. The number of sulfonamides is 1. The van der Waals surface area contributed by atoms with E-state index in [1.54, 1.807) is 36.4 Å². The molecule has 35 heavy (non-hydrogen) atoms. The summed E-state index contributed by atoms with van der Waals surface area (Å²) in [4.78, 5) is 13.1. The fourth-order valence-electron chi connectivity index (χ4n) is 3.88. The number of halogens is 2. The molecule has 1 fully saturated rings. The SMILES string of the molecule is COc1ccccc1Oc1ccc(Cl)cc1NC(=O)C1CCCN(S(=O)(=O)c2ccc(F)cc2)C1. The second kappa shape index (κ2) is 10.6. The molecule has 1 N–H and O–H groups in total. The van der Waals surface area contributed by atoms with E-state index in [2.05, 4.69) is 5.32 Å². The zero-order valence-electron chi connectivity index (χ0n) is 18.9. The molecule has 0 saturated carbocycles. The van der Waals surface area contributed by atoms with Gasteiger partial charge in [0.15, 0.2) is 17.2 Å². The molecular formula is C25H24ClFN2O5S. The van der Waals surface area contributed by atoms with Gasteiger partial charge in [-0.15, -0.1) is 0 Å². The Morgan fingerprint density at radius 2 is 1.77 bits per heavy atom. The van der Waals surface area contributed by atoms with Gasteiger partial charge in [-0.2, -0.15) is 4.31 Å². The average molecular weight is 519 g/mol. The summed E-state index contributed by atoms with van der Waals surface area (Å²) < 4.78 is 51.8. The molecule has 4 rings (SSSR count). The standard InChI is InChI=1S/C25H24ClFN2O5S/c1-33-23-6-2-3-7-24(23)34-22-13-8-18(26)15-21(22)28-25(30)17-5-4-14-29(16-17)35(31,32)20-11-9-19(27)10-12-20/h2-3,6-13,15,17H,4-5,14,16H2,1H3,(H,28,30). The summed E-state index contributed by atoms with van der Waals surface area (Å²) in [6, 6.07) is 16.6. The molecule has 0 bridgehead atoms. The van der Waals surface area contributed by atoms with Crippen molar-refractivity contribution in [2.45, 2.75) is 17.7 Å². The second-order valence-corrected chi connectivity index (χ2v) is 10.4. The number of amides is 1. The van der Waals surface area contributed by atoms with Gasteiger partial charge in [0.2, 0.25) is 15.9 Å². The quantitative estimate of drug-likeness (QED) is 0.457. The van der Waals surface area contributed by atoms with Gasteiger partial charge in [-0.25, -0.2) is 12.8 Å². The first kappa shape index (κ1) is 25.0. The molecule has 0 spiro atoms. The number of carbonyl (C=O) groups excluding carboxylic acids is 1. The van der Waals surface area contributed by atoms with Crippen molar-refractivity contribution in [3.63, 3.8) is 0 Å². The molecule has 184 valence electrons. The topological polar surface area (TPSA) is 84.9 Å². The average Bonchev–Trinajstić information content (AvgIpc) is 2.86. The van der Waals surface area contributed by atoms with Crippen LogP contribution in [0.4, 0.5) is 10.1 Å². The van der Waals surface area contributed by atoms with Crippen LogP contribution in [0.3, 0.4) is 0 Å². The smallest absolute Gasteiger partial charge is 0.243 e.